The zero-order valence-corrected chi connectivity index (χ0v) is 28.1. The molecule has 0 radical (unpaired) electrons. The minimum absolute atomic E-state index is 0.342. The van der Waals surface area contributed by atoms with E-state index in [0.717, 1.165) is 56.6 Å². The summed E-state index contributed by atoms with van der Waals surface area (Å²) in [6.07, 6.45) is 8.38. The molecule has 4 saturated carbocycles. The number of para-hydroxylation sites is 2. The second-order valence-electron chi connectivity index (χ2n) is 14.9. The smallest absolute Gasteiger partial charge is 0.187 e. The van der Waals surface area contributed by atoms with E-state index in [2.05, 4.69) is 81.0 Å². The van der Waals surface area contributed by atoms with Crippen molar-refractivity contribution in [3.05, 3.63) is 144 Å². The Morgan fingerprint density at radius 3 is 1.90 bits per heavy atom. The summed E-state index contributed by atoms with van der Waals surface area (Å²) in [6, 6.07) is 39.2. The highest BCUT2D eigenvalue weighted by molar-refractivity contribution is 6.13. The molecule has 5 aromatic carbocycles. The van der Waals surface area contributed by atoms with Gasteiger partial charge in [-0.1, -0.05) is 84.9 Å². The van der Waals surface area contributed by atoms with Crippen molar-refractivity contribution < 1.29 is 0 Å². The highest BCUT2D eigenvalue weighted by Gasteiger charge is 2.51. The van der Waals surface area contributed by atoms with Crippen molar-refractivity contribution >= 4 is 33.2 Å². The molecule has 4 aliphatic rings. The molecule has 0 amide bonds. The number of rotatable bonds is 5. The van der Waals surface area contributed by atoms with Crippen LogP contribution in [-0.2, 0) is 5.41 Å². The summed E-state index contributed by atoms with van der Waals surface area (Å²) in [5.41, 5.74) is 8.69. The number of benzene rings is 5. The zero-order valence-electron chi connectivity index (χ0n) is 28.1. The highest BCUT2D eigenvalue weighted by atomic mass is 15.0. The first-order valence-electron chi connectivity index (χ1n) is 17.9. The third-order valence-electron chi connectivity index (χ3n) is 11.8. The van der Waals surface area contributed by atoms with Crippen LogP contribution < -0.4 is 0 Å². The maximum atomic E-state index is 7.60. The Morgan fingerprint density at radius 1 is 0.569 bits per heavy atom. The molecule has 244 valence electrons. The van der Waals surface area contributed by atoms with Gasteiger partial charge in [0.25, 0.3) is 0 Å². The van der Waals surface area contributed by atoms with Gasteiger partial charge in [0.15, 0.2) is 28.8 Å². The maximum absolute atomic E-state index is 7.60. The average Bonchev–Trinajstić information content (AvgIpc) is 3.52. The van der Waals surface area contributed by atoms with Crippen LogP contribution in [0.15, 0.2) is 115 Å². The van der Waals surface area contributed by atoms with Gasteiger partial charge in [0.1, 0.15) is 0 Å². The summed E-state index contributed by atoms with van der Waals surface area (Å²) >= 11 is 0. The minimum Gasteiger partial charge on any atom is -0.309 e. The predicted octanol–water partition coefficient (Wildman–Crippen LogP) is 11.5. The van der Waals surface area contributed by atoms with E-state index in [1.165, 1.54) is 49.5 Å². The van der Waals surface area contributed by atoms with Crippen molar-refractivity contribution in [1.82, 2.24) is 19.5 Å². The lowest BCUT2D eigenvalue weighted by atomic mass is 9.48. The second kappa shape index (κ2) is 11.5. The van der Waals surface area contributed by atoms with Crippen molar-refractivity contribution in [1.29, 1.82) is 0 Å². The predicted molar refractivity (Wildman–Crippen MR) is 203 cm³/mol. The third-order valence-corrected chi connectivity index (χ3v) is 11.8. The van der Waals surface area contributed by atoms with Gasteiger partial charge in [-0.25, -0.2) is 24.6 Å². The second-order valence-corrected chi connectivity index (χ2v) is 14.9. The minimum atomic E-state index is 0.342. The van der Waals surface area contributed by atoms with Crippen LogP contribution in [0.5, 0.6) is 0 Å². The van der Waals surface area contributed by atoms with E-state index in [4.69, 9.17) is 28.1 Å². The SMILES string of the molecule is [C-]#[N+]c1ccc(-c2nc(-c3cccc([N+]#[C-])c3)nc(-c3cccc4c5ccccc5n(-c5ccc(C67CC8CC(CC(C8)C6)C7)cc5)c34)n2)cc1. The molecule has 51 heavy (non-hydrogen) atoms. The van der Waals surface area contributed by atoms with Gasteiger partial charge < -0.3 is 4.57 Å². The standard InChI is InChI=1S/C45H34N6/c1-46-34-17-13-31(14-18-34)42-48-43(32-7-5-8-35(24-32)47-2)50-44(49-42)39-11-6-10-38-37-9-3-4-12-40(37)51(41(38)39)36-19-15-33(16-20-36)45-25-28-21-29(26-45)23-30(22-28)27-45/h3-20,24,28-30H,21-23,25-27H2. The van der Waals surface area contributed by atoms with E-state index in [0.29, 0.717) is 34.3 Å². The summed E-state index contributed by atoms with van der Waals surface area (Å²) in [5, 5.41) is 2.31. The molecule has 0 atom stereocenters. The number of nitrogens with zero attached hydrogens (tertiary/aromatic N) is 6. The van der Waals surface area contributed by atoms with Gasteiger partial charge in [-0.15, -0.1) is 0 Å². The number of hydrogen-bond acceptors (Lipinski definition) is 3. The fraction of sp³-hybridized carbons (Fsp3) is 0.222. The molecule has 0 spiro atoms. The van der Waals surface area contributed by atoms with E-state index in [1.807, 2.05) is 30.3 Å². The fourth-order valence-corrected chi connectivity index (χ4v) is 10.0. The summed E-state index contributed by atoms with van der Waals surface area (Å²) in [5.74, 6) is 4.27. The van der Waals surface area contributed by atoms with E-state index >= 15 is 0 Å². The largest absolute Gasteiger partial charge is 0.309 e. The highest BCUT2D eigenvalue weighted by Crippen LogP contribution is 2.60. The Kier molecular flexibility index (Phi) is 6.70. The molecule has 0 N–H and O–H groups in total. The molecule has 6 nitrogen and oxygen atoms in total. The topological polar surface area (TPSA) is 52.3 Å². The fourth-order valence-electron chi connectivity index (χ4n) is 10.0. The molecule has 6 heteroatoms. The zero-order chi connectivity index (χ0) is 34.1. The van der Waals surface area contributed by atoms with Crippen LogP contribution in [0.25, 0.3) is 71.3 Å². The van der Waals surface area contributed by atoms with Crippen molar-refractivity contribution in [3.63, 3.8) is 0 Å². The Hall–Kier alpha value is -6.11. The summed E-state index contributed by atoms with van der Waals surface area (Å²) < 4.78 is 2.37. The van der Waals surface area contributed by atoms with Crippen molar-refractivity contribution in [2.24, 2.45) is 17.8 Å². The summed E-state index contributed by atoms with van der Waals surface area (Å²) in [6.45, 7) is 15.0. The van der Waals surface area contributed by atoms with E-state index in [1.54, 1.807) is 18.2 Å². The maximum Gasteiger partial charge on any atom is 0.187 e. The Balaban J connectivity index is 1.17. The molecule has 0 aliphatic heterocycles. The number of aromatic nitrogens is 4. The van der Waals surface area contributed by atoms with Crippen LogP contribution >= 0.6 is 0 Å². The van der Waals surface area contributed by atoms with Crippen LogP contribution in [0.1, 0.15) is 44.1 Å². The van der Waals surface area contributed by atoms with E-state index in [-0.39, 0.29) is 0 Å². The molecule has 7 aromatic rings. The van der Waals surface area contributed by atoms with Crippen LogP contribution in [0.4, 0.5) is 11.4 Å². The van der Waals surface area contributed by atoms with Crippen molar-refractivity contribution in [3.8, 4) is 39.9 Å². The molecule has 0 unspecified atom stereocenters. The monoisotopic (exact) mass is 658 g/mol. The van der Waals surface area contributed by atoms with Gasteiger partial charge in [0, 0.05) is 33.2 Å². The summed E-state index contributed by atoms with van der Waals surface area (Å²) in [4.78, 5) is 22.3. The van der Waals surface area contributed by atoms with Crippen LogP contribution in [0.2, 0.25) is 0 Å². The van der Waals surface area contributed by atoms with E-state index < -0.39 is 0 Å². The van der Waals surface area contributed by atoms with Gasteiger partial charge in [-0.05, 0) is 97.6 Å². The Morgan fingerprint density at radius 2 is 1.20 bits per heavy atom. The average molecular weight is 659 g/mol. The molecule has 2 heterocycles. The first kappa shape index (κ1) is 29.8. The molecule has 4 fully saturated rings. The van der Waals surface area contributed by atoms with Crippen LogP contribution in [0, 0.1) is 30.9 Å². The molecule has 4 aliphatic carbocycles. The van der Waals surface area contributed by atoms with Gasteiger partial charge in [0.2, 0.25) is 0 Å². The molecule has 0 saturated heterocycles. The van der Waals surface area contributed by atoms with Gasteiger partial charge in [-0.2, -0.15) is 0 Å². The third kappa shape index (κ3) is 4.86. The lowest BCUT2D eigenvalue weighted by Gasteiger charge is -2.57. The van der Waals surface area contributed by atoms with Crippen molar-refractivity contribution in [2.45, 2.75) is 43.9 Å². The number of hydrogen-bond donors (Lipinski definition) is 0. The van der Waals surface area contributed by atoms with Crippen LogP contribution in [-0.4, -0.2) is 19.5 Å². The molecular weight excluding hydrogens is 625 g/mol. The lowest BCUT2D eigenvalue weighted by molar-refractivity contribution is -0.00518. The van der Waals surface area contributed by atoms with E-state index in [9.17, 15) is 0 Å². The molecular formula is C45H34N6. The molecule has 4 bridgehead atoms. The quantitative estimate of drug-likeness (QED) is 0.173. The van der Waals surface area contributed by atoms with Gasteiger partial charge in [0.05, 0.1) is 24.2 Å². The van der Waals surface area contributed by atoms with Crippen LogP contribution in [0.3, 0.4) is 0 Å². The Labute approximate surface area is 297 Å². The first-order chi connectivity index (χ1) is 25.1. The lowest BCUT2D eigenvalue weighted by Crippen LogP contribution is -2.48. The summed E-state index contributed by atoms with van der Waals surface area (Å²) in [7, 11) is 0. The molecule has 11 rings (SSSR count). The van der Waals surface area contributed by atoms with Gasteiger partial charge in [-0.3, -0.25) is 0 Å². The Bertz CT molecular complexity index is 2550. The first-order valence-corrected chi connectivity index (χ1v) is 17.9. The number of fused-ring (bicyclic) bond motifs is 3. The van der Waals surface area contributed by atoms with Crippen molar-refractivity contribution in [2.75, 3.05) is 0 Å². The van der Waals surface area contributed by atoms with Gasteiger partial charge >= 0.3 is 0 Å². The normalized spacial score (nSPS) is 21.9. The molecule has 2 aromatic heterocycles.